The Kier molecular flexibility index (Phi) is 5.18. The summed E-state index contributed by atoms with van der Waals surface area (Å²) < 4.78 is 0. The molecule has 7 nitrogen and oxygen atoms in total. The summed E-state index contributed by atoms with van der Waals surface area (Å²) in [5.41, 5.74) is 1.02. The monoisotopic (exact) mass is 333 g/mol. The van der Waals surface area contributed by atoms with Crippen molar-refractivity contribution < 1.29 is 9.90 Å². The Bertz CT molecular complexity index is 588. The molecule has 0 radical (unpaired) electrons. The first-order valence-electron chi connectivity index (χ1n) is 8.88. The van der Waals surface area contributed by atoms with Gasteiger partial charge in [-0.2, -0.15) is 4.98 Å². The second kappa shape index (κ2) is 7.34. The quantitative estimate of drug-likeness (QED) is 0.876. The summed E-state index contributed by atoms with van der Waals surface area (Å²) >= 11 is 0. The van der Waals surface area contributed by atoms with E-state index < -0.39 is 6.10 Å². The lowest BCUT2D eigenvalue weighted by molar-refractivity contribution is -0.129. The van der Waals surface area contributed by atoms with E-state index in [9.17, 15) is 9.90 Å². The van der Waals surface area contributed by atoms with Gasteiger partial charge in [0.25, 0.3) is 0 Å². The van der Waals surface area contributed by atoms with E-state index in [1.807, 2.05) is 6.07 Å². The van der Waals surface area contributed by atoms with E-state index in [-0.39, 0.29) is 5.91 Å². The summed E-state index contributed by atoms with van der Waals surface area (Å²) in [6, 6.07) is 2.01. The predicted molar refractivity (Wildman–Crippen MR) is 93.3 cm³/mol. The van der Waals surface area contributed by atoms with Gasteiger partial charge in [-0.3, -0.25) is 4.79 Å². The molecule has 2 aliphatic rings. The molecule has 1 N–H and O–H groups in total. The van der Waals surface area contributed by atoms with Gasteiger partial charge in [-0.15, -0.1) is 0 Å². The topological polar surface area (TPSA) is 72.8 Å². The minimum absolute atomic E-state index is 0.00518. The molecule has 3 rings (SSSR count). The Morgan fingerprint density at radius 3 is 2.58 bits per heavy atom. The van der Waals surface area contributed by atoms with Gasteiger partial charge in [-0.25, -0.2) is 4.98 Å². The largest absolute Gasteiger partial charge is 0.389 e. The molecule has 2 fully saturated rings. The molecule has 2 saturated heterocycles. The van der Waals surface area contributed by atoms with Crippen LogP contribution in [0.2, 0.25) is 0 Å². The molecule has 1 atom stereocenters. The lowest BCUT2D eigenvalue weighted by Gasteiger charge is -2.25. The minimum Gasteiger partial charge on any atom is -0.389 e. The van der Waals surface area contributed by atoms with Crippen LogP contribution in [-0.2, 0) is 11.2 Å². The molecule has 0 saturated carbocycles. The number of rotatable bonds is 3. The number of aryl methyl sites for hydroxylation is 1. The van der Waals surface area contributed by atoms with Crippen molar-refractivity contribution in [1.82, 2.24) is 14.9 Å². The molecule has 1 amide bonds. The summed E-state index contributed by atoms with van der Waals surface area (Å²) in [5, 5.41) is 10.3. The Hall–Kier alpha value is -1.89. The van der Waals surface area contributed by atoms with E-state index in [4.69, 9.17) is 4.98 Å². The second-order valence-corrected chi connectivity index (χ2v) is 6.63. The standard InChI is InChI=1S/C17H27N5O2/c1-3-14-10-16(19-17(18-14)20-6-4-5-7-20)22-9-8-21(13(2)23)11-15(24)12-22/h10,15,24H,3-9,11-12H2,1-2H3. The van der Waals surface area contributed by atoms with Gasteiger partial charge in [-0.05, 0) is 19.3 Å². The lowest BCUT2D eigenvalue weighted by Crippen LogP contribution is -2.36. The maximum Gasteiger partial charge on any atom is 0.227 e. The number of carbonyl (C=O) groups is 1. The molecular formula is C17H27N5O2. The highest BCUT2D eigenvalue weighted by Crippen LogP contribution is 2.22. The highest BCUT2D eigenvalue weighted by molar-refractivity contribution is 5.73. The Morgan fingerprint density at radius 1 is 1.17 bits per heavy atom. The molecule has 1 unspecified atom stereocenters. The Morgan fingerprint density at radius 2 is 1.92 bits per heavy atom. The Balaban J connectivity index is 1.84. The van der Waals surface area contributed by atoms with Gasteiger partial charge in [0.15, 0.2) is 0 Å². The van der Waals surface area contributed by atoms with Crippen molar-refractivity contribution in [1.29, 1.82) is 0 Å². The average Bonchev–Trinajstić information content (AvgIpc) is 3.03. The average molecular weight is 333 g/mol. The fraction of sp³-hybridized carbons (Fsp3) is 0.706. The van der Waals surface area contributed by atoms with Crippen molar-refractivity contribution in [2.45, 2.75) is 39.2 Å². The molecule has 0 bridgehead atoms. The van der Waals surface area contributed by atoms with Crippen LogP contribution in [0, 0.1) is 0 Å². The summed E-state index contributed by atoms with van der Waals surface area (Å²) in [7, 11) is 0. The first kappa shape index (κ1) is 17.0. The van der Waals surface area contributed by atoms with Crippen LogP contribution in [0.15, 0.2) is 6.07 Å². The smallest absolute Gasteiger partial charge is 0.227 e. The van der Waals surface area contributed by atoms with E-state index >= 15 is 0 Å². The van der Waals surface area contributed by atoms with Gasteiger partial charge < -0.3 is 19.8 Å². The first-order valence-corrected chi connectivity index (χ1v) is 8.88. The fourth-order valence-corrected chi connectivity index (χ4v) is 3.36. The van der Waals surface area contributed by atoms with Gasteiger partial charge >= 0.3 is 0 Å². The molecule has 3 heterocycles. The lowest BCUT2D eigenvalue weighted by atomic mass is 10.3. The van der Waals surface area contributed by atoms with Gasteiger partial charge in [0.1, 0.15) is 5.82 Å². The second-order valence-electron chi connectivity index (χ2n) is 6.63. The van der Waals surface area contributed by atoms with Crippen LogP contribution in [0.25, 0.3) is 0 Å². The van der Waals surface area contributed by atoms with Crippen LogP contribution >= 0.6 is 0 Å². The van der Waals surface area contributed by atoms with Crippen molar-refractivity contribution in [3.05, 3.63) is 11.8 Å². The third-order valence-corrected chi connectivity index (χ3v) is 4.78. The van der Waals surface area contributed by atoms with Crippen LogP contribution in [-0.4, -0.2) is 71.3 Å². The molecule has 0 aromatic carbocycles. The van der Waals surface area contributed by atoms with Crippen molar-refractivity contribution in [2.75, 3.05) is 49.1 Å². The first-order chi connectivity index (χ1) is 11.6. The summed E-state index contributed by atoms with van der Waals surface area (Å²) in [4.78, 5) is 27.1. The van der Waals surface area contributed by atoms with E-state index in [1.54, 1.807) is 11.8 Å². The highest BCUT2D eigenvalue weighted by Gasteiger charge is 2.25. The van der Waals surface area contributed by atoms with E-state index in [0.717, 1.165) is 37.0 Å². The van der Waals surface area contributed by atoms with Crippen LogP contribution in [0.1, 0.15) is 32.4 Å². The van der Waals surface area contributed by atoms with Crippen LogP contribution in [0.3, 0.4) is 0 Å². The maximum atomic E-state index is 11.6. The zero-order chi connectivity index (χ0) is 17.1. The molecule has 24 heavy (non-hydrogen) atoms. The minimum atomic E-state index is -0.563. The maximum absolute atomic E-state index is 11.6. The number of carbonyl (C=O) groups excluding carboxylic acids is 1. The third kappa shape index (κ3) is 3.77. The third-order valence-electron chi connectivity index (χ3n) is 4.78. The highest BCUT2D eigenvalue weighted by atomic mass is 16.3. The van der Waals surface area contributed by atoms with Gasteiger partial charge in [0, 0.05) is 58.0 Å². The normalized spacial score (nSPS) is 22.0. The number of nitrogens with zero attached hydrogens (tertiary/aromatic N) is 5. The number of aliphatic hydroxyl groups excluding tert-OH is 1. The molecule has 1 aromatic heterocycles. The van der Waals surface area contributed by atoms with Gasteiger partial charge in [0.05, 0.1) is 6.10 Å². The number of amides is 1. The SMILES string of the molecule is CCc1cc(N2CCN(C(C)=O)CC(O)C2)nc(N2CCCC2)n1. The summed E-state index contributed by atoms with van der Waals surface area (Å²) in [5.74, 6) is 1.66. The van der Waals surface area contributed by atoms with Crippen LogP contribution in [0.4, 0.5) is 11.8 Å². The number of aromatic nitrogens is 2. The molecule has 1 aromatic rings. The fourth-order valence-electron chi connectivity index (χ4n) is 3.36. The Labute approximate surface area is 143 Å². The zero-order valence-corrected chi connectivity index (χ0v) is 14.6. The molecule has 0 spiro atoms. The molecule has 0 aliphatic carbocycles. The summed E-state index contributed by atoms with van der Waals surface area (Å²) in [6.45, 7) is 7.82. The number of hydrogen-bond donors (Lipinski definition) is 1. The zero-order valence-electron chi connectivity index (χ0n) is 14.6. The molecular weight excluding hydrogens is 306 g/mol. The molecule has 132 valence electrons. The van der Waals surface area contributed by atoms with Gasteiger partial charge in [-0.1, -0.05) is 6.92 Å². The van der Waals surface area contributed by atoms with Crippen LogP contribution in [0.5, 0.6) is 0 Å². The van der Waals surface area contributed by atoms with E-state index in [1.165, 1.54) is 12.8 Å². The molecule has 2 aliphatic heterocycles. The van der Waals surface area contributed by atoms with Gasteiger partial charge in [0.2, 0.25) is 11.9 Å². The van der Waals surface area contributed by atoms with Crippen molar-refractivity contribution >= 4 is 17.7 Å². The summed E-state index contributed by atoms with van der Waals surface area (Å²) in [6.07, 6.45) is 2.66. The van der Waals surface area contributed by atoms with E-state index in [0.29, 0.717) is 26.2 Å². The van der Waals surface area contributed by atoms with Crippen molar-refractivity contribution in [3.63, 3.8) is 0 Å². The number of anilines is 2. The predicted octanol–water partition coefficient (Wildman–Crippen LogP) is 0.669. The molecule has 7 heteroatoms. The van der Waals surface area contributed by atoms with Crippen molar-refractivity contribution in [2.24, 2.45) is 0 Å². The van der Waals surface area contributed by atoms with Crippen molar-refractivity contribution in [3.8, 4) is 0 Å². The number of β-amino-alcohol motifs (C(OH)–C–C–N with tert-alkyl or cyclic N) is 1. The van der Waals surface area contributed by atoms with Crippen LogP contribution < -0.4 is 9.80 Å². The number of aliphatic hydroxyl groups is 1. The van der Waals surface area contributed by atoms with E-state index in [2.05, 4.69) is 21.7 Å². The number of hydrogen-bond acceptors (Lipinski definition) is 6.